The molecule has 0 bridgehead atoms. The quantitative estimate of drug-likeness (QED) is 0.688. The number of carbonyl (C=O) groups is 3. The highest BCUT2D eigenvalue weighted by molar-refractivity contribution is 6.50. The van der Waals surface area contributed by atoms with Crippen molar-refractivity contribution in [2.24, 2.45) is 0 Å². The molecule has 0 radical (unpaired) electrons. The number of anilines is 2. The van der Waals surface area contributed by atoms with Gasteiger partial charge >= 0.3 is 0 Å². The zero-order chi connectivity index (χ0) is 20.4. The molecule has 0 spiro atoms. The van der Waals surface area contributed by atoms with Gasteiger partial charge in [0.25, 0.3) is 5.91 Å². The van der Waals surface area contributed by atoms with Crippen molar-refractivity contribution in [1.29, 1.82) is 0 Å². The van der Waals surface area contributed by atoms with Crippen LogP contribution in [0.1, 0.15) is 31.1 Å². The molecule has 1 aliphatic carbocycles. The van der Waals surface area contributed by atoms with Crippen molar-refractivity contribution in [3.8, 4) is 0 Å². The Kier molecular flexibility index (Phi) is 4.88. The summed E-state index contributed by atoms with van der Waals surface area (Å²) in [6.07, 6.45) is 4.39. The summed E-state index contributed by atoms with van der Waals surface area (Å²) in [5.74, 6) is -0.905. The average molecular weight is 405 g/mol. The predicted molar refractivity (Wildman–Crippen MR) is 108 cm³/mol. The van der Waals surface area contributed by atoms with Crippen LogP contribution in [0.25, 0.3) is 0 Å². The maximum Gasteiger partial charge on any atom is 0.256 e. The van der Waals surface area contributed by atoms with E-state index in [9.17, 15) is 14.4 Å². The van der Waals surface area contributed by atoms with E-state index in [4.69, 9.17) is 11.6 Å². The van der Waals surface area contributed by atoms with E-state index in [0.717, 1.165) is 0 Å². The number of amides is 1. The van der Waals surface area contributed by atoms with Crippen molar-refractivity contribution in [1.82, 2.24) is 9.97 Å². The molecule has 0 fully saturated rings. The Morgan fingerprint density at radius 3 is 2.41 bits per heavy atom. The summed E-state index contributed by atoms with van der Waals surface area (Å²) >= 11 is 6.17. The van der Waals surface area contributed by atoms with E-state index in [1.165, 1.54) is 18.6 Å². The van der Waals surface area contributed by atoms with Crippen molar-refractivity contribution < 1.29 is 14.4 Å². The van der Waals surface area contributed by atoms with Crippen LogP contribution in [0.4, 0.5) is 11.5 Å². The molecule has 1 amide bonds. The van der Waals surface area contributed by atoms with Crippen LogP contribution in [-0.4, -0.2) is 27.4 Å². The summed E-state index contributed by atoms with van der Waals surface area (Å²) in [7, 11) is 0. The van der Waals surface area contributed by atoms with Crippen LogP contribution in [-0.2, 0) is 0 Å². The highest BCUT2D eigenvalue weighted by Gasteiger charge is 2.31. The van der Waals surface area contributed by atoms with E-state index < -0.39 is 11.7 Å². The Bertz CT molecular complexity index is 1180. The summed E-state index contributed by atoms with van der Waals surface area (Å²) in [4.78, 5) is 45.6. The summed E-state index contributed by atoms with van der Waals surface area (Å²) in [5, 5.41) is 5.32. The van der Waals surface area contributed by atoms with E-state index in [1.807, 2.05) is 0 Å². The number of carbonyl (C=O) groups excluding carboxylic acids is 3. The van der Waals surface area contributed by atoms with E-state index >= 15 is 0 Å². The summed E-state index contributed by atoms with van der Waals surface area (Å²) in [6, 6.07) is 12.9. The molecule has 0 saturated heterocycles. The standard InChI is InChI=1S/C21H13ClN4O3/c22-17-18(20(28)15-7-2-1-6-14(15)19(17)27)25-13-5-3-4-12(10-13)21(29)26-16-11-23-8-9-24-16/h1-11,25H,(H,24,26,29). The Hall–Kier alpha value is -3.84. The van der Waals surface area contributed by atoms with Crippen molar-refractivity contribution in [2.75, 3.05) is 10.6 Å². The van der Waals surface area contributed by atoms with Crippen molar-refractivity contribution in [2.45, 2.75) is 0 Å². The number of rotatable bonds is 4. The van der Waals surface area contributed by atoms with Gasteiger partial charge in [0.15, 0.2) is 5.82 Å². The number of allylic oxidation sites excluding steroid dienone is 2. The van der Waals surface area contributed by atoms with Gasteiger partial charge in [-0.2, -0.15) is 0 Å². The van der Waals surface area contributed by atoms with Gasteiger partial charge in [0.1, 0.15) is 10.7 Å². The molecule has 142 valence electrons. The first-order chi connectivity index (χ1) is 14.0. The Labute approximate surface area is 170 Å². The number of aromatic nitrogens is 2. The minimum absolute atomic E-state index is 0.0261. The van der Waals surface area contributed by atoms with Crippen LogP contribution in [0.3, 0.4) is 0 Å². The molecule has 0 atom stereocenters. The second-order valence-electron chi connectivity index (χ2n) is 6.14. The molecular weight excluding hydrogens is 392 g/mol. The highest BCUT2D eigenvalue weighted by atomic mass is 35.5. The number of Topliss-reactive ketones (excluding diaryl/α,β-unsaturated/α-hetero) is 2. The second-order valence-corrected chi connectivity index (χ2v) is 6.52. The first-order valence-corrected chi connectivity index (χ1v) is 8.95. The topological polar surface area (TPSA) is 101 Å². The third-order valence-electron chi connectivity index (χ3n) is 4.26. The number of fused-ring (bicyclic) bond motifs is 1. The monoisotopic (exact) mass is 404 g/mol. The zero-order valence-electron chi connectivity index (χ0n) is 14.8. The molecule has 8 heteroatoms. The Balaban J connectivity index is 1.60. The van der Waals surface area contributed by atoms with Gasteiger partial charge in [-0.15, -0.1) is 0 Å². The molecule has 7 nitrogen and oxygen atoms in total. The average Bonchev–Trinajstić information content (AvgIpc) is 2.76. The number of nitrogens with one attached hydrogen (secondary N) is 2. The van der Waals surface area contributed by atoms with Crippen LogP contribution in [0.5, 0.6) is 0 Å². The third-order valence-corrected chi connectivity index (χ3v) is 4.62. The fourth-order valence-electron chi connectivity index (χ4n) is 2.89. The van der Waals surface area contributed by atoms with Crippen molar-refractivity contribution >= 4 is 40.6 Å². The Morgan fingerprint density at radius 1 is 0.931 bits per heavy atom. The van der Waals surface area contributed by atoms with Gasteiger partial charge in [0.05, 0.1) is 6.20 Å². The minimum atomic E-state index is -0.430. The number of hydrogen-bond acceptors (Lipinski definition) is 6. The SMILES string of the molecule is O=C(Nc1cnccn1)c1cccc(NC2=C(Cl)C(=O)c3ccccc3C2=O)c1. The Morgan fingerprint density at radius 2 is 1.69 bits per heavy atom. The first-order valence-electron chi connectivity index (χ1n) is 8.57. The molecule has 0 aliphatic heterocycles. The molecule has 29 heavy (non-hydrogen) atoms. The molecule has 1 heterocycles. The largest absolute Gasteiger partial charge is 0.351 e. The lowest BCUT2D eigenvalue weighted by Gasteiger charge is -2.19. The molecule has 2 aromatic carbocycles. The van der Waals surface area contributed by atoms with Crippen LogP contribution in [0.2, 0.25) is 0 Å². The highest BCUT2D eigenvalue weighted by Crippen LogP contribution is 2.29. The van der Waals surface area contributed by atoms with E-state index in [0.29, 0.717) is 17.1 Å². The lowest BCUT2D eigenvalue weighted by atomic mass is 9.92. The van der Waals surface area contributed by atoms with Crippen molar-refractivity contribution in [3.63, 3.8) is 0 Å². The summed E-state index contributed by atoms with van der Waals surface area (Å²) < 4.78 is 0. The van der Waals surface area contributed by atoms with Gasteiger partial charge in [-0.3, -0.25) is 19.4 Å². The number of halogens is 1. The van der Waals surface area contributed by atoms with Gasteiger partial charge < -0.3 is 10.6 Å². The van der Waals surface area contributed by atoms with E-state index in [2.05, 4.69) is 20.6 Å². The number of ketones is 2. The van der Waals surface area contributed by atoms with Crippen molar-refractivity contribution in [3.05, 3.63) is 94.5 Å². The number of nitrogens with zero attached hydrogens (tertiary/aromatic N) is 2. The van der Waals surface area contributed by atoms with Crippen LogP contribution in [0.15, 0.2) is 77.9 Å². The van der Waals surface area contributed by atoms with Gasteiger partial charge in [-0.1, -0.05) is 41.9 Å². The van der Waals surface area contributed by atoms with Gasteiger partial charge in [0.2, 0.25) is 11.6 Å². The molecule has 0 saturated carbocycles. The molecule has 1 aromatic heterocycles. The smallest absolute Gasteiger partial charge is 0.256 e. The maximum atomic E-state index is 12.8. The van der Waals surface area contributed by atoms with Gasteiger partial charge in [-0.25, -0.2) is 4.98 Å². The number of benzene rings is 2. The fourth-order valence-corrected chi connectivity index (χ4v) is 3.13. The van der Waals surface area contributed by atoms with Crippen LogP contribution >= 0.6 is 11.6 Å². The summed E-state index contributed by atoms with van der Waals surface area (Å²) in [5.41, 5.74) is 1.28. The fraction of sp³-hybridized carbons (Fsp3) is 0. The molecule has 3 aromatic rings. The molecule has 4 rings (SSSR count). The zero-order valence-corrected chi connectivity index (χ0v) is 15.6. The van der Waals surface area contributed by atoms with E-state index in [-0.39, 0.29) is 27.6 Å². The van der Waals surface area contributed by atoms with E-state index in [1.54, 1.807) is 48.5 Å². The molecule has 1 aliphatic rings. The minimum Gasteiger partial charge on any atom is -0.351 e. The summed E-state index contributed by atoms with van der Waals surface area (Å²) in [6.45, 7) is 0. The molecule has 2 N–H and O–H groups in total. The second kappa shape index (κ2) is 7.65. The normalized spacial score (nSPS) is 13.1. The van der Waals surface area contributed by atoms with Gasteiger partial charge in [-0.05, 0) is 18.2 Å². The predicted octanol–water partition coefficient (Wildman–Crippen LogP) is 3.67. The lowest BCUT2D eigenvalue weighted by molar-refractivity contribution is 0.0982. The molecule has 0 unspecified atom stereocenters. The number of hydrogen-bond donors (Lipinski definition) is 2. The maximum absolute atomic E-state index is 12.8. The van der Waals surface area contributed by atoms with Gasteiger partial charge in [0, 0.05) is 34.8 Å². The lowest BCUT2D eigenvalue weighted by Crippen LogP contribution is -2.24. The third kappa shape index (κ3) is 3.63. The molecular formula is C21H13ClN4O3. The van der Waals surface area contributed by atoms with Crippen LogP contribution < -0.4 is 10.6 Å². The van der Waals surface area contributed by atoms with Crippen LogP contribution in [0, 0.1) is 0 Å². The first kappa shape index (κ1) is 18.5.